The number of hydrogen-bond acceptors (Lipinski definition) is 2. The van der Waals surface area contributed by atoms with E-state index in [-0.39, 0.29) is 5.92 Å². The van der Waals surface area contributed by atoms with Crippen LogP contribution >= 0.6 is 0 Å². The molecule has 1 aliphatic carbocycles. The summed E-state index contributed by atoms with van der Waals surface area (Å²) in [6.07, 6.45) is 8.60. The molecule has 0 bridgehead atoms. The number of aromatic amines is 1. The number of Topliss-reactive ketones (excluding diaryl/α,β-unsaturated/α-hetero) is 1. The van der Waals surface area contributed by atoms with Gasteiger partial charge in [-0.05, 0) is 49.4 Å². The normalized spacial score (nSPS) is 20.2. The van der Waals surface area contributed by atoms with Gasteiger partial charge in [0.25, 0.3) is 0 Å². The molecule has 2 aliphatic rings. The Labute approximate surface area is 166 Å². The predicted molar refractivity (Wildman–Crippen MR) is 115 cm³/mol. The van der Waals surface area contributed by atoms with Crippen molar-refractivity contribution >= 4 is 22.3 Å². The minimum absolute atomic E-state index is 0.189. The summed E-state index contributed by atoms with van der Waals surface area (Å²) in [7, 11) is 0. The summed E-state index contributed by atoms with van der Waals surface area (Å²) in [5.41, 5.74) is 6.18. The van der Waals surface area contributed by atoms with Gasteiger partial charge >= 0.3 is 0 Å². The molecule has 3 aromatic rings. The lowest BCUT2D eigenvalue weighted by Crippen LogP contribution is -2.32. The molecule has 1 aromatic heterocycles. The maximum absolute atomic E-state index is 12.8. The van der Waals surface area contributed by atoms with Crippen molar-refractivity contribution in [1.29, 1.82) is 0 Å². The number of nitrogens with one attached hydrogen (secondary N) is 1. The van der Waals surface area contributed by atoms with E-state index in [2.05, 4.69) is 52.5 Å². The van der Waals surface area contributed by atoms with Crippen LogP contribution in [-0.4, -0.2) is 35.3 Å². The van der Waals surface area contributed by atoms with Crippen molar-refractivity contribution in [2.75, 3.05) is 19.6 Å². The van der Waals surface area contributed by atoms with Crippen molar-refractivity contribution in [2.24, 2.45) is 5.92 Å². The van der Waals surface area contributed by atoms with Crippen LogP contribution < -0.4 is 0 Å². The first-order chi connectivity index (χ1) is 13.8. The van der Waals surface area contributed by atoms with E-state index in [1.165, 1.54) is 27.6 Å². The van der Waals surface area contributed by atoms with Gasteiger partial charge in [0, 0.05) is 47.2 Å². The summed E-state index contributed by atoms with van der Waals surface area (Å²) in [6.45, 7) is 3.06. The molecule has 3 nitrogen and oxygen atoms in total. The van der Waals surface area contributed by atoms with E-state index in [0.717, 1.165) is 50.9 Å². The van der Waals surface area contributed by atoms with Gasteiger partial charge in [0.2, 0.25) is 0 Å². The van der Waals surface area contributed by atoms with Crippen LogP contribution in [0.25, 0.3) is 16.5 Å². The van der Waals surface area contributed by atoms with Gasteiger partial charge in [0.15, 0.2) is 5.78 Å². The lowest BCUT2D eigenvalue weighted by atomic mass is 9.81. The number of hydrogen-bond donors (Lipinski definition) is 1. The number of fused-ring (bicyclic) bond motifs is 2. The highest BCUT2D eigenvalue weighted by molar-refractivity contribution is 6.00. The van der Waals surface area contributed by atoms with Crippen molar-refractivity contribution < 1.29 is 4.79 Å². The van der Waals surface area contributed by atoms with Crippen LogP contribution in [0.3, 0.4) is 0 Å². The molecule has 0 saturated heterocycles. The fourth-order valence-corrected chi connectivity index (χ4v) is 4.77. The third kappa shape index (κ3) is 3.20. The summed E-state index contributed by atoms with van der Waals surface area (Å²) in [5.74, 6) is 0.544. The predicted octanol–water partition coefficient (Wildman–Crippen LogP) is 5.09. The molecule has 0 fully saturated rings. The van der Waals surface area contributed by atoms with Crippen molar-refractivity contribution in [1.82, 2.24) is 9.88 Å². The van der Waals surface area contributed by atoms with Crippen LogP contribution in [0.4, 0.5) is 0 Å². The SMILES string of the molecule is O=C1c2ccccc2CCC1CCN1CC=C(c2c[nH]c3ccccc23)CC1. The topological polar surface area (TPSA) is 36.1 Å². The Morgan fingerprint density at radius 2 is 1.86 bits per heavy atom. The fraction of sp³-hybridized carbons (Fsp3) is 0.320. The first-order valence-corrected chi connectivity index (χ1v) is 10.4. The van der Waals surface area contributed by atoms with Gasteiger partial charge in [0.05, 0.1) is 0 Å². The smallest absolute Gasteiger partial charge is 0.166 e. The van der Waals surface area contributed by atoms with Gasteiger partial charge in [-0.3, -0.25) is 9.69 Å². The Bertz CT molecular complexity index is 1050. The highest BCUT2D eigenvalue weighted by Gasteiger charge is 2.27. The maximum atomic E-state index is 12.8. The number of nitrogens with zero attached hydrogens (tertiary/aromatic N) is 1. The highest BCUT2D eigenvalue weighted by atomic mass is 16.1. The molecule has 1 atom stereocenters. The summed E-state index contributed by atoms with van der Waals surface area (Å²) in [4.78, 5) is 18.7. The number of H-pyrrole nitrogens is 1. The Kier molecular flexibility index (Phi) is 4.61. The third-order valence-electron chi connectivity index (χ3n) is 6.44. The van der Waals surface area contributed by atoms with Crippen LogP contribution in [0.2, 0.25) is 0 Å². The third-order valence-corrected chi connectivity index (χ3v) is 6.44. The number of carbonyl (C=O) groups excluding carboxylic acids is 1. The summed E-state index contributed by atoms with van der Waals surface area (Å²) < 4.78 is 0. The average molecular weight is 370 g/mol. The lowest BCUT2D eigenvalue weighted by molar-refractivity contribution is 0.0884. The molecule has 2 heterocycles. The van der Waals surface area contributed by atoms with Crippen molar-refractivity contribution in [3.63, 3.8) is 0 Å². The molecule has 0 saturated carbocycles. The molecule has 0 amide bonds. The summed E-state index contributed by atoms with van der Waals surface area (Å²) >= 11 is 0. The number of aromatic nitrogens is 1. The van der Waals surface area contributed by atoms with E-state index in [1.807, 2.05) is 18.2 Å². The largest absolute Gasteiger partial charge is 0.361 e. The molecular weight excluding hydrogens is 344 g/mol. The molecule has 0 radical (unpaired) electrons. The van der Waals surface area contributed by atoms with E-state index < -0.39 is 0 Å². The quantitative estimate of drug-likeness (QED) is 0.694. The second-order valence-corrected chi connectivity index (χ2v) is 8.07. The number of ketones is 1. The van der Waals surface area contributed by atoms with Gasteiger partial charge < -0.3 is 4.98 Å². The number of rotatable bonds is 4. The van der Waals surface area contributed by atoms with Gasteiger partial charge in [-0.2, -0.15) is 0 Å². The average Bonchev–Trinajstić information content (AvgIpc) is 3.18. The molecular formula is C25H26N2O. The number of aryl methyl sites for hydroxylation is 1. The first kappa shape index (κ1) is 17.4. The molecule has 3 heteroatoms. The molecule has 2 aromatic carbocycles. The Morgan fingerprint density at radius 3 is 2.75 bits per heavy atom. The van der Waals surface area contributed by atoms with Gasteiger partial charge in [-0.15, -0.1) is 0 Å². The van der Waals surface area contributed by atoms with E-state index in [4.69, 9.17) is 0 Å². The molecule has 0 spiro atoms. The molecule has 28 heavy (non-hydrogen) atoms. The second kappa shape index (κ2) is 7.40. The number of carbonyl (C=O) groups is 1. The molecule has 1 unspecified atom stereocenters. The minimum Gasteiger partial charge on any atom is -0.361 e. The molecule has 1 N–H and O–H groups in total. The van der Waals surface area contributed by atoms with E-state index >= 15 is 0 Å². The zero-order valence-electron chi connectivity index (χ0n) is 16.2. The second-order valence-electron chi connectivity index (χ2n) is 8.07. The van der Waals surface area contributed by atoms with E-state index in [9.17, 15) is 4.79 Å². The summed E-state index contributed by atoms with van der Waals surface area (Å²) in [5, 5.41) is 1.31. The monoisotopic (exact) mass is 370 g/mol. The minimum atomic E-state index is 0.189. The van der Waals surface area contributed by atoms with Crippen LogP contribution in [0, 0.1) is 5.92 Å². The number of benzene rings is 2. The Balaban J connectivity index is 1.22. The maximum Gasteiger partial charge on any atom is 0.166 e. The van der Waals surface area contributed by atoms with Crippen LogP contribution in [0.5, 0.6) is 0 Å². The van der Waals surface area contributed by atoms with Gasteiger partial charge in [-0.25, -0.2) is 0 Å². The summed E-state index contributed by atoms with van der Waals surface area (Å²) in [6, 6.07) is 16.6. The van der Waals surface area contributed by atoms with E-state index in [0.29, 0.717) is 5.78 Å². The van der Waals surface area contributed by atoms with Gasteiger partial charge in [-0.1, -0.05) is 48.5 Å². The zero-order chi connectivity index (χ0) is 18.9. The molecule has 142 valence electrons. The van der Waals surface area contributed by atoms with E-state index in [1.54, 1.807) is 0 Å². The Morgan fingerprint density at radius 1 is 1.00 bits per heavy atom. The molecule has 1 aliphatic heterocycles. The lowest BCUT2D eigenvalue weighted by Gasteiger charge is -2.29. The van der Waals surface area contributed by atoms with Crippen LogP contribution in [0.1, 0.15) is 40.7 Å². The number of para-hydroxylation sites is 1. The van der Waals surface area contributed by atoms with Gasteiger partial charge in [0.1, 0.15) is 0 Å². The zero-order valence-corrected chi connectivity index (χ0v) is 16.2. The van der Waals surface area contributed by atoms with Crippen molar-refractivity contribution in [2.45, 2.75) is 25.7 Å². The standard InChI is InChI=1S/C25H26N2O/c28-25-20(10-9-18-5-1-2-6-21(18)25)13-16-27-14-11-19(12-15-27)23-17-26-24-8-4-3-7-22(23)24/h1-8,11,17,20,26H,9-10,12-16H2. The van der Waals surface area contributed by atoms with Crippen LogP contribution in [-0.2, 0) is 6.42 Å². The Hall–Kier alpha value is -2.65. The first-order valence-electron chi connectivity index (χ1n) is 10.4. The van der Waals surface area contributed by atoms with Crippen molar-refractivity contribution in [3.05, 3.63) is 77.5 Å². The van der Waals surface area contributed by atoms with Crippen LogP contribution in [0.15, 0.2) is 60.8 Å². The fourth-order valence-electron chi connectivity index (χ4n) is 4.77. The van der Waals surface area contributed by atoms with Crippen molar-refractivity contribution in [3.8, 4) is 0 Å². The molecule has 5 rings (SSSR count). The highest BCUT2D eigenvalue weighted by Crippen LogP contribution is 2.30.